The summed E-state index contributed by atoms with van der Waals surface area (Å²) in [5, 5.41) is 12.6. The maximum atomic E-state index is 13.3. The van der Waals surface area contributed by atoms with Crippen LogP contribution in [0.25, 0.3) is 0 Å². The Labute approximate surface area is 139 Å². The number of nitrogens with one attached hydrogen (secondary N) is 1. The van der Waals surface area contributed by atoms with Crippen LogP contribution in [0.15, 0.2) is 30.6 Å². The Kier molecular flexibility index (Phi) is 4.75. The quantitative estimate of drug-likeness (QED) is 0.930. The Bertz CT molecular complexity index is 753. The number of halogens is 1. The fourth-order valence-corrected chi connectivity index (χ4v) is 2.88. The molecule has 1 fully saturated rings. The first-order valence-electron chi connectivity index (χ1n) is 7.77. The first-order valence-corrected chi connectivity index (χ1v) is 7.77. The van der Waals surface area contributed by atoms with Crippen molar-refractivity contribution >= 4 is 11.5 Å². The average molecular weight is 327 g/mol. The number of nitriles is 1. The van der Waals surface area contributed by atoms with E-state index in [4.69, 9.17) is 4.74 Å². The number of methoxy groups -OCH3 is 1. The summed E-state index contributed by atoms with van der Waals surface area (Å²) in [5.41, 5.74) is 1.17. The highest BCUT2D eigenvalue weighted by Crippen LogP contribution is 2.25. The van der Waals surface area contributed by atoms with Crippen molar-refractivity contribution in [3.8, 4) is 11.9 Å². The number of rotatable bonds is 4. The molecule has 0 spiro atoms. The minimum atomic E-state index is -0.385. The lowest BCUT2D eigenvalue weighted by atomic mass is 10.0. The maximum Gasteiger partial charge on any atom is 0.218 e. The monoisotopic (exact) mass is 327 g/mol. The van der Waals surface area contributed by atoms with E-state index in [0.29, 0.717) is 11.4 Å². The predicted octanol–water partition coefficient (Wildman–Crippen LogP) is 2.58. The van der Waals surface area contributed by atoms with Crippen molar-refractivity contribution in [3.63, 3.8) is 0 Å². The molecule has 7 heteroatoms. The van der Waals surface area contributed by atoms with Gasteiger partial charge in [-0.15, -0.1) is 0 Å². The summed E-state index contributed by atoms with van der Waals surface area (Å²) in [5.74, 6) is 0.874. The molecule has 24 heavy (non-hydrogen) atoms. The third-order valence-corrected chi connectivity index (χ3v) is 4.12. The molecule has 124 valence electrons. The Morgan fingerprint density at radius 3 is 2.79 bits per heavy atom. The molecule has 0 atom stereocenters. The summed E-state index contributed by atoms with van der Waals surface area (Å²) in [6, 6.07) is 8.48. The second kappa shape index (κ2) is 7.13. The number of nitrogens with zero attached hydrogens (tertiary/aromatic N) is 4. The minimum Gasteiger partial charge on any atom is -0.481 e. The highest BCUT2D eigenvalue weighted by molar-refractivity contribution is 5.59. The van der Waals surface area contributed by atoms with Gasteiger partial charge in [0.2, 0.25) is 5.88 Å². The zero-order valence-electron chi connectivity index (χ0n) is 13.4. The second-order valence-corrected chi connectivity index (χ2v) is 5.62. The molecule has 1 saturated heterocycles. The molecule has 6 nitrogen and oxygen atoms in total. The molecule has 0 aliphatic carbocycles. The summed E-state index contributed by atoms with van der Waals surface area (Å²) in [4.78, 5) is 10.3. The van der Waals surface area contributed by atoms with E-state index in [9.17, 15) is 9.65 Å². The first-order chi connectivity index (χ1) is 11.7. The molecule has 2 aromatic rings. The van der Waals surface area contributed by atoms with Crippen molar-refractivity contribution in [3.05, 3.63) is 42.0 Å². The smallest absolute Gasteiger partial charge is 0.218 e. The first kappa shape index (κ1) is 16.0. The van der Waals surface area contributed by atoms with Crippen LogP contribution in [-0.4, -0.2) is 36.2 Å². The topological polar surface area (TPSA) is 74.1 Å². The van der Waals surface area contributed by atoms with Gasteiger partial charge in [-0.3, -0.25) is 0 Å². The van der Waals surface area contributed by atoms with Crippen LogP contribution in [-0.2, 0) is 0 Å². The van der Waals surface area contributed by atoms with Gasteiger partial charge in [-0.2, -0.15) is 5.26 Å². The zero-order valence-corrected chi connectivity index (χ0v) is 13.4. The van der Waals surface area contributed by atoms with Gasteiger partial charge in [-0.05, 0) is 31.0 Å². The van der Waals surface area contributed by atoms with Gasteiger partial charge in [0.05, 0.1) is 18.4 Å². The molecule has 1 aliphatic rings. The molecular weight excluding hydrogens is 309 g/mol. The molecule has 0 amide bonds. The summed E-state index contributed by atoms with van der Waals surface area (Å²) in [7, 11) is 1.57. The van der Waals surface area contributed by atoms with Gasteiger partial charge in [0.1, 0.15) is 24.0 Å². The third-order valence-electron chi connectivity index (χ3n) is 4.12. The van der Waals surface area contributed by atoms with Gasteiger partial charge in [0.15, 0.2) is 0 Å². The fourth-order valence-electron chi connectivity index (χ4n) is 2.88. The van der Waals surface area contributed by atoms with Crippen LogP contribution < -0.4 is 15.0 Å². The summed E-state index contributed by atoms with van der Waals surface area (Å²) >= 11 is 0. The van der Waals surface area contributed by atoms with Crippen LogP contribution in [0.1, 0.15) is 18.4 Å². The molecule has 2 heterocycles. The van der Waals surface area contributed by atoms with Crippen molar-refractivity contribution < 1.29 is 9.13 Å². The fraction of sp³-hybridized carbons (Fsp3) is 0.353. The normalized spacial score (nSPS) is 15.0. The van der Waals surface area contributed by atoms with Crippen LogP contribution in [0.3, 0.4) is 0 Å². The number of anilines is 2. The van der Waals surface area contributed by atoms with Crippen LogP contribution in [0.5, 0.6) is 5.88 Å². The number of piperidine rings is 1. The van der Waals surface area contributed by atoms with E-state index in [0.717, 1.165) is 37.4 Å². The number of hydrogen-bond acceptors (Lipinski definition) is 6. The van der Waals surface area contributed by atoms with E-state index in [1.54, 1.807) is 19.2 Å². The van der Waals surface area contributed by atoms with E-state index < -0.39 is 0 Å². The maximum absolute atomic E-state index is 13.3. The van der Waals surface area contributed by atoms with E-state index in [1.165, 1.54) is 18.5 Å². The molecule has 0 saturated carbocycles. The summed E-state index contributed by atoms with van der Waals surface area (Å²) < 4.78 is 18.4. The Morgan fingerprint density at radius 1 is 1.29 bits per heavy atom. The number of hydrogen-bond donors (Lipinski definition) is 1. The lowest BCUT2D eigenvalue weighted by Gasteiger charge is -2.34. The lowest BCUT2D eigenvalue weighted by Crippen LogP contribution is -2.39. The molecule has 3 rings (SSSR count). The summed E-state index contributed by atoms with van der Waals surface area (Å²) in [6.07, 6.45) is 3.26. The van der Waals surface area contributed by atoms with E-state index in [-0.39, 0.29) is 11.9 Å². The Morgan fingerprint density at radius 2 is 2.08 bits per heavy atom. The summed E-state index contributed by atoms with van der Waals surface area (Å²) in [6.45, 7) is 1.58. The van der Waals surface area contributed by atoms with Crippen molar-refractivity contribution in [1.29, 1.82) is 5.26 Å². The molecule has 1 aliphatic heterocycles. The lowest BCUT2D eigenvalue weighted by molar-refractivity contribution is 0.397. The zero-order chi connectivity index (χ0) is 16.9. The standard InChI is InChI=1S/C17H18FN5O/c1-24-17-9-16(20-11-21-17)22-14-4-6-23(7-5-14)15-3-2-13(18)8-12(15)10-19/h2-3,8-9,11,14H,4-7H2,1H3,(H,20,21,22). The molecule has 0 unspecified atom stereocenters. The molecular formula is C17H18FN5O. The van der Waals surface area contributed by atoms with Crippen LogP contribution in [0.2, 0.25) is 0 Å². The number of ether oxygens (including phenoxy) is 1. The van der Waals surface area contributed by atoms with Gasteiger partial charge < -0.3 is 15.0 Å². The molecule has 1 N–H and O–H groups in total. The predicted molar refractivity (Wildman–Crippen MR) is 88.6 cm³/mol. The van der Waals surface area contributed by atoms with Crippen LogP contribution in [0, 0.1) is 17.1 Å². The number of benzene rings is 1. The Balaban J connectivity index is 1.63. The highest BCUT2D eigenvalue weighted by atomic mass is 19.1. The molecule has 1 aromatic heterocycles. The van der Waals surface area contributed by atoms with Gasteiger partial charge in [0.25, 0.3) is 0 Å². The average Bonchev–Trinajstić information content (AvgIpc) is 2.62. The second-order valence-electron chi connectivity index (χ2n) is 5.62. The van der Waals surface area contributed by atoms with Gasteiger partial charge in [-0.1, -0.05) is 0 Å². The van der Waals surface area contributed by atoms with Crippen LogP contribution in [0.4, 0.5) is 15.9 Å². The third kappa shape index (κ3) is 3.54. The molecule has 0 radical (unpaired) electrons. The SMILES string of the molecule is COc1cc(NC2CCN(c3ccc(F)cc3C#N)CC2)ncn1. The van der Waals surface area contributed by atoms with E-state index in [1.807, 2.05) is 0 Å². The van der Waals surface area contributed by atoms with Crippen molar-refractivity contribution in [2.24, 2.45) is 0 Å². The van der Waals surface area contributed by atoms with Gasteiger partial charge in [0, 0.05) is 25.2 Å². The molecule has 0 bridgehead atoms. The van der Waals surface area contributed by atoms with E-state index in [2.05, 4.69) is 26.3 Å². The molecule has 1 aromatic carbocycles. The van der Waals surface area contributed by atoms with Crippen LogP contribution >= 0.6 is 0 Å². The Hall–Kier alpha value is -2.88. The number of aromatic nitrogens is 2. The van der Waals surface area contributed by atoms with E-state index >= 15 is 0 Å². The highest BCUT2D eigenvalue weighted by Gasteiger charge is 2.21. The minimum absolute atomic E-state index is 0.284. The van der Waals surface area contributed by atoms with Crippen molar-refractivity contribution in [1.82, 2.24) is 9.97 Å². The van der Waals surface area contributed by atoms with Gasteiger partial charge >= 0.3 is 0 Å². The van der Waals surface area contributed by atoms with Gasteiger partial charge in [-0.25, -0.2) is 14.4 Å². The largest absolute Gasteiger partial charge is 0.481 e. The van der Waals surface area contributed by atoms with Crippen molar-refractivity contribution in [2.45, 2.75) is 18.9 Å². The van der Waals surface area contributed by atoms with Crippen molar-refractivity contribution in [2.75, 3.05) is 30.4 Å².